The van der Waals surface area contributed by atoms with Gasteiger partial charge in [-0.05, 0) is 40.0 Å². The summed E-state index contributed by atoms with van der Waals surface area (Å²) < 4.78 is 11.8. The lowest BCUT2D eigenvalue weighted by atomic mass is 9.94. The summed E-state index contributed by atoms with van der Waals surface area (Å²) in [6.45, 7) is 2.82. The van der Waals surface area contributed by atoms with E-state index >= 15 is 0 Å². The standard InChI is InChI=1S/C12H14BrNO4/c1-6-7(8(5-14)12(15)16)4-9(13)11-10(6)17-2-3-18-11/h4,8H,2-3,5,14H2,1H3,(H,15,16). The molecule has 1 aliphatic rings. The molecule has 18 heavy (non-hydrogen) atoms. The number of carboxylic acids is 1. The topological polar surface area (TPSA) is 81.8 Å². The van der Waals surface area contributed by atoms with E-state index in [-0.39, 0.29) is 6.54 Å². The number of carbonyl (C=O) groups is 1. The number of nitrogens with two attached hydrogens (primary N) is 1. The fourth-order valence-electron chi connectivity index (χ4n) is 2.04. The molecular weight excluding hydrogens is 302 g/mol. The van der Waals surface area contributed by atoms with Crippen molar-refractivity contribution in [2.75, 3.05) is 19.8 Å². The van der Waals surface area contributed by atoms with Crippen LogP contribution in [-0.2, 0) is 4.79 Å². The summed E-state index contributed by atoms with van der Waals surface area (Å²) in [5.41, 5.74) is 6.96. The number of rotatable bonds is 3. The molecule has 0 saturated heterocycles. The molecule has 0 aliphatic carbocycles. The molecule has 2 rings (SSSR count). The molecule has 1 aliphatic heterocycles. The van der Waals surface area contributed by atoms with Crippen LogP contribution in [0.25, 0.3) is 0 Å². The number of ether oxygens (including phenoxy) is 2. The van der Waals surface area contributed by atoms with E-state index in [4.69, 9.17) is 15.2 Å². The highest BCUT2D eigenvalue weighted by Gasteiger charge is 2.27. The van der Waals surface area contributed by atoms with Gasteiger partial charge in [0.2, 0.25) is 0 Å². The molecular formula is C12H14BrNO4. The highest BCUT2D eigenvalue weighted by Crippen LogP contribution is 2.43. The van der Waals surface area contributed by atoms with Crippen LogP contribution in [0.4, 0.5) is 0 Å². The zero-order valence-electron chi connectivity index (χ0n) is 9.90. The molecule has 1 aromatic rings. The molecule has 0 radical (unpaired) electrons. The van der Waals surface area contributed by atoms with E-state index in [1.165, 1.54) is 0 Å². The second-order valence-electron chi connectivity index (χ2n) is 4.05. The van der Waals surface area contributed by atoms with E-state index in [0.717, 1.165) is 5.56 Å². The number of halogens is 1. The van der Waals surface area contributed by atoms with Crippen molar-refractivity contribution in [3.8, 4) is 11.5 Å². The highest BCUT2D eigenvalue weighted by atomic mass is 79.9. The molecule has 0 bridgehead atoms. The van der Waals surface area contributed by atoms with Crippen molar-refractivity contribution in [1.82, 2.24) is 0 Å². The summed E-state index contributed by atoms with van der Waals surface area (Å²) >= 11 is 3.37. The van der Waals surface area contributed by atoms with Crippen LogP contribution in [0.1, 0.15) is 17.0 Å². The van der Waals surface area contributed by atoms with Crippen LogP contribution in [0.2, 0.25) is 0 Å². The monoisotopic (exact) mass is 315 g/mol. The lowest BCUT2D eigenvalue weighted by Gasteiger charge is -2.24. The normalized spacial score (nSPS) is 15.3. The van der Waals surface area contributed by atoms with Crippen LogP contribution in [-0.4, -0.2) is 30.8 Å². The molecule has 1 atom stereocenters. The molecule has 1 heterocycles. The maximum absolute atomic E-state index is 11.2. The van der Waals surface area contributed by atoms with Crippen LogP contribution in [0.3, 0.4) is 0 Å². The first-order chi connectivity index (χ1) is 8.56. The Kier molecular flexibility index (Phi) is 3.77. The third-order valence-electron chi connectivity index (χ3n) is 2.96. The van der Waals surface area contributed by atoms with E-state index < -0.39 is 11.9 Å². The molecule has 3 N–H and O–H groups in total. The summed E-state index contributed by atoms with van der Waals surface area (Å²) in [5, 5.41) is 9.18. The van der Waals surface area contributed by atoms with Crippen LogP contribution < -0.4 is 15.2 Å². The van der Waals surface area contributed by atoms with Gasteiger partial charge in [0.1, 0.15) is 13.2 Å². The molecule has 0 spiro atoms. The van der Waals surface area contributed by atoms with Gasteiger partial charge >= 0.3 is 5.97 Å². The van der Waals surface area contributed by atoms with Crippen molar-refractivity contribution in [2.24, 2.45) is 5.73 Å². The Labute approximate surface area is 113 Å². The smallest absolute Gasteiger partial charge is 0.312 e. The van der Waals surface area contributed by atoms with Crippen molar-refractivity contribution in [1.29, 1.82) is 0 Å². The molecule has 98 valence electrons. The average molecular weight is 316 g/mol. The fourth-order valence-corrected chi connectivity index (χ4v) is 2.58. The first kappa shape index (κ1) is 13.2. The number of aliphatic carboxylic acids is 1. The quantitative estimate of drug-likeness (QED) is 0.886. The molecule has 0 fully saturated rings. The minimum absolute atomic E-state index is 0.0439. The Hall–Kier alpha value is -1.27. The molecule has 0 amide bonds. The Morgan fingerprint density at radius 1 is 1.50 bits per heavy atom. The van der Waals surface area contributed by atoms with Gasteiger partial charge in [0, 0.05) is 6.54 Å². The zero-order chi connectivity index (χ0) is 13.3. The van der Waals surface area contributed by atoms with E-state index in [2.05, 4.69) is 15.9 Å². The van der Waals surface area contributed by atoms with E-state index in [1.54, 1.807) is 6.07 Å². The SMILES string of the molecule is Cc1c(C(CN)C(=O)O)cc(Br)c2c1OCCO2. The Morgan fingerprint density at radius 3 is 2.67 bits per heavy atom. The molecule has 5 nitrogen and oxygen atoms in total. The number of hydrogen-bond donors (Lipinski definition) is 2. The van der Waals surface area contributed by atoms with Crippen LogP contribution in [0.5, 0.6) is 11.5 Å². The van der Waals surface area contributed by atoms with Gasteiger partial charge in [-0.15, -0.1) is 0 Å². The number of fused-ring (bicyclic) bond motifs is 1. The van der Waals surface area contributed by atoms with Crippen molar-refractivity contribution < 1.29 is 19.4 Å². The molecule has 0 aromatic heterocycles. The van der Waals surface area contributed by atoms with Crippen molar-refractivity contribution in [3.63, 3.8) is 0 Å². The minimum atomic E-state index is -0.941. The highest BCUT2D eigenvalue weighted by molar-refractivity contribution is 9.10. The predicted molar refractivity (Wildman–Crippen MR) is 69.3 cm³/mol. The Bertz CT molecular complexity index is 489. The fraction of sp³-hybridized carbons (Fsp3) is 0.417. The zero-order valence-corrected chi connectivity index (χ0v) is 11.5. The third-order valence-corrected chi connectivity index (χ3v) is 3.55. The first-order valence-corrected chi connectivity index (χ1v) is 6.37. The van der Waals surface area contributed by atoms with E-state index in [1.807, 2.05) is 6.92 Å². The Morgan fingerprint density at radius 2 is 2.11 bits per heavy atom. The van der Waals surface area contributed by atoms with E-state index in [0.29, 0.717) is 34.7 Å². The lowest BCUT2D eigenvalue weighted by Crippen LogP contribution is -2.23. The van der Waals surface area contributed by atoms with Gasteiger partial charge in [-0.3, -0.25) is 4.79 Å². The molecule has 6 heteroatoms. The average Bonchev–Trinajstić information content (AvgIpc) is 2.36. The van der Waals surface area contributed by atoms with Gasteiger partial charge < -0.3 is 20.3 Å². The van der Waals surface area contributed by atoms with Crippen molar-refractivity contribution in [2.45, 2.75) is 12.8 Å². The number of benzene rings is 1. The summed E-state index contributed by atoms with van der Waals surface area (Å²) in [6.07, 6.45) is 0. The first-order valence-electron chi connectivity index (χ1n) is 5.57. The second-order valence-corrected chi connectivity index (χ2v) is 4.91. The third kappa shape index (κ3) is 2.18. The van der Waals surface area contributed by atoms with Crippen LogP contribution in [0.15, 0.2) is 10.5 Å². The molecule has 0 saturated carbocycles. The summed E-state index contributed by atoms with van der Waals surface area (Å²) in [6, 6.07) is 1.74. The van der Waals surface area contributed by atoms with Gasteiger partial charge in [0.05, 0.1) is 10.4 Å². The van der Waals surface area contributed by atoms with Gasteiger partial charge in [0.25, 0.3) is 0 Å². The van der Waals surface area contributed by atoms with Gasteiger partial charge in [-0.25, -0.2) is 0 Å². The summed E-state index contributed by atoms with van der Waals surface area (Å²) in [7, 11) is 0. The summed E-state index contributed by atoms with van der Waals surface area (Å²) in [4.78, 5) is 11.2. The minimum Gasteiger partial charge on any atom is -0.486 e. The van der Waals surface area contributed by atoms with Gasteiger partial charge in [0.15, 0.2) is 11.5 Å². The Balaban J connectivity index is 2.56. The molecule has 1 aromatic carbocycles. The van der Waals surface area contributed by atoms with Crippen molar-refractivity contribution in [3.05, 3.63) is 21.7 Å². The van der Waals surface area contributed by atoms with Gasteiger partial charge in [-0.2, -0.15) is 0 Å². The lowest BCUT2D eigenvalue weighted by molar-refractivity contribution is -0.138. The number of hydrogen-bond acceptors (Lipinski definition) is 4. The maximum atomic E-state index is 11.2. The van der Waals surface area contributed by atoms with E-state index in [9.17, 15) is 9.90 Å². The van der Waals surface area contributed by atoms with Crippen LogP contribution >= 0.6 is 15.9 Å². The molecule has 1 unspecified atom stereocenters. The van der Waals surface area contributed by atoms with Crippen LogP contribution in [0, 0.1) is 6.92 Å². The summed E-state index contributed by atoms with van der Waals surface area (Å²) in [5.74, 6) is -0.449. The predicted octanol–water partition coefficient (Wildman–Crippen LogP) is 1.66. The number of carboxylic acid groups (broad SMARTS) is 1. The van der Waals surface area contributed by atoms with Gasteiger partial charge in [-0.1, -0.05) is 0 Å². The maximum Gasteiger partial charge on any atom is 0.312 e. The second kappa shape index (κ2) is 5.16. The van der Waals surface area contributed by atoms with Crippen molar-refractivity contribution >= 4 is 21.9 Å². The largest absolute Gasteiger partial charge is 0.486 e.